The zero-order chi connectivity index (χ0) is 14.2. The van der Waals surface area contributed by atoms with E-state index >= 15 is 0 Å². The van der Waals surface area contributed by atoms with Crippen LogP contribution in [0.4, 0.5) is 13.2 Å². The summed E-state index contributed by atoms with van der Waals surface area (Å²) in [6.07, 6.45) is 0. The van der Waals surface area contributed by atoms with Gasteiger partial charge in [0.05, 0.1) is 10.0 Å². The Labute approximate surface area is 116 Å². The van der Waals surface area contributed by atoms with Crippen molar-refractivity contribution in [2.24, 2.45) is 0 Å². The molecule has 0 aliphatic carbocycles. The average Bonchev–Trinajstić information content (AvgIpc) is 2.36. The molecule has 0 fully saturated rings. The Balaban J connectivity index is 2.56. The highest BCUT2D eigenvalue weighted by molar-refractivity contribution is 9.10. The number of aryl methyl sites for hydroxylation is 1. The molecule has 0 radical (unpaired) electrons. The highest BCUT2D eigenvalue weighted by atomic mass is 79.9. The number of halogens is 4. The van der Waals surface area contributed by atoms with Crippen molar-refractivity contribution in [2.75, 3.05) is 0 Å². The van der Waals surface area contributed by atoms with Crippen LogP contribution in [0.15, 0.2) is 34.8 Å². The Morgan fingerprint density at radius 1 is 1.00 bits per heavy atom. The molecule has 0 N–H and O–H groups in total. The third-order valence-electron chi connectivity index (χ3n) is 2.70. The summed E-state index contributed by atoms with van der Waals surface area (Å²) < 4.78 is 40.1. The van der Waals surface area contributed by atoms with E-state index in [-0.39, 0.29) is 10.0 Å². The summed E-state index contributed by atoms with van der Waals surface area (Å²) >= 11 is 2.83. The zero-order valence-corrected chi connectivity index (χ0v) is 11.4. The van der Waals surface area contributed by atoms with Crippen molar-refractivity contribution in [1.29, 1.82) is 0 Å². The molecular weight excluding hydrogens is 321 g/mol. The minimum absolute atomic E-state index is 0.0145. The molecule has 1 nitrogen and oxygen atoms in total. The van der Waals surface area contributed by atoms with Gasteiger partial charge in [-0.15, -0.1) is 0 Å². The van der Waals surface area contributed by atoms with Crippen molar-refractivity contribution >= 4 is 21.7 Å². The van der Waals surface area contributed by atoms with Crippen molar-refractivity contribution in [3.63, 3.8) is 0 Å². The number of ketones is 1. The van der Waals surface area contributed by atoms with Crippen LogP contribution in [0.3, 0.4) is 0 Å². The molecule has 0 amide bonds. The first-order valence-corrected chi connectivity index (χ1v) is 6.15. The molecule has 2 rings (SSSR count). The lowest BCUT2D eigenvalue weighted by Crippen LogP contribution is -2.07. The summed E-state index contributed by atoms with van der Waals surface area (Å²) in [5, 5.41) is 0. The summed E-state index contributed by atoms with van der Waals surface area (Å²) in [5.41, 5.74) is 0.0872. The smallest absolute Gasteiger partial charge is 0.196 e. The van der Waals surface area contributed by atoms with Gasteiger partial charge in [0.2, 0.25) is 0 Å². The van der Waals surface area contributed by atoms with Crippen LogP contribution in [-0.4, -0.2) is 5.78 Å². The molecule has 0 bridgehead atoms. The van der Waals surface area contributed by atoms with Gasteiger partial charge in [-0.25, -0.2) is 13.2 Å². The van der Waals surface area contributed by atoms with E-state index in [4.69, 9.17) is 0 Å². The average molecular weight is 329 g/mol. The molecule has 0 atom stereocenters. The van der Waals surface area contributed by atoms with Gasteiger partial charge in [-0.05, 0) is 52.7 Å². The summed E-state index contributed by atoms with van der Waals surface area (Å²) in [6.45, 7) is 1.60. The van der Waals surface area contributed by atoms with Crippen LogP contribution < -0.4 is 0 Å². The number of carbonyl (C=O) groups excluding carboxylic acids is 1. The normalized spacial score (nSPS) is 10.6. The minimum atomic E-state index is -0.859. The predicted molar refractivity (Wildman–Crippen MR) is 68.6 cm³/mol. The molecule has 2 aromatic carbocycles. The van der Waals surface area contributed by atoms with Gasteiger partial charge in [-0.3, -0.25) is 4.79 Å². The van der Waals surface area contributed by atoms with Gasteiger partial charge in [0.15, 0.2) is 5.78 Å². The Kier molecular flexibility index (Phi) is 3.75. The largest absolute Gasteiger partial charge is 0.288 e. The second-order valence-electron chi connectivity index (χ2n) is 4.03. The van der Waals surface area contributed by atoms with Gasteiger partial charge < -0.3 is 0 Å². The maximum absolute atomic E-state index is 13.7. The molecular formula is C14H8BrF3O. The molecule has 5 heteroatoms. The highest BCUT2D eigenvalue weighted by Crippen LogP contribution is 2.23. The maximum Gasteiger partial charge on any atom is 0.196 e. The lowest BCUT2D eigenvalue weighted by molar-refractivity contribution is 0.103. The molecule has 0 saturated heterocycles. The molecule has 0 saturated carbocycles. The van der Waals surface area contributed by atoms with E-state index in [1.807, 2.05) is 0 Å². The molecule has 2 aromatic rings. The molecule has 0 aromatic heterocycles. The van der Waals surface area contributed by atoms with Crippen molar-refractivity contribution < 1.29 is 18.0 Å². The van der Waals surface area contributed by atoms with E-state index in [1.165, 1.54) is 12.1 Å². The van der Waals surface area contributed by atoms with Gasteiger partial charge in [-0.1, -0.05) is 6.07 Å². The predicted octanol–water partition coefficient (Wildman–Crippen LogP) is 4.41. The lowest BCUT2D eigenvalue weighted by atomic mass is 9.98. The van der Waals surface area contributed by atoms with Gasteiger partial charge in [0.25, 0.3) is 0 Å². The Bertz CT molecular complexity index is 668. The van der Waals surface area contributed by atoms with Gasteiger partial charge >= 0.3 is 0 Å². The van der Waals surface area contributed by atoms with E-state index in [2.05, 4.69) is 15.9 Å². The Hall–Kier alpha value is -1.62. The fraction of sp³-hybridized carbons (Fsp3) is 0.0714. The van der Waals surface area contributed by atoms with E-state index in [9.17, 15) is 18.0 Å². The van der Waals surface area contributed by atoms with Crippen LogP contribution in [-0.2, 0) is 0 Å². The first kappa shape index (κ1) is 13.8. The van der Waals surface area contributed by atoms with E-state index in [0.29, 0.717) is 5.56 Å². The molecule has 0 heterocycles. The van der Waals surface area contributed by atoms with E-state index in [1.54, 1.807) is 6.92 Å². The number of hydrogen-bond acceptors (Lipinski definition) is 1. The Morgan fingerprint density at radius 2 is 1.68 bits per heavy atom. The third-order valence-corrected chi connectivity index (χ3v) is 3.31. The molecule has 0 aliphatic rings. The number of rotatable bonds is 2. The topological polar surface area (TPSA) is 17.1 Å². The van der Waals surface area contributed by atoms with Crippen LogP contribution in [0.1, 0.15) is 21.5 Å². The summed E-state index contributed by atoms with van der Waals surface area (Å²) in [5.74, 6) is -2.96. The first-order chi connectivity index (χ1) is 8.90. The van der Waals surface area contributed by atoms with Crippen LogP contribution in [0.2, 0.25) is 0 Å². The number of benzene rings is 2. The molecule has 0 unspecified atom stereocenters. The van der Waals surface area contributed by atoms with Gasteiger partial charge in [-0.2, -0.15) is 0 Å². The SMILES string of the molecule is Cc1ccc(F)cc1C(=O)c1cc(F)c(Br)cc1F. The van der Waals surface area contributed by atoms with Crippen LogP contribution in [0.5, 0.6) is 0 Å². The standard InChI is InChI=1S/C14H8BrF3O/c1-7-2-3-8(16)4-9(7)14(19)10-5-13(18)11(15)6-12(10)17/h2-6H,1H3. The van der Waals surface area contributed by atoms with Crippen LogP contribution >= 0.6 is 15.9 Å². The Morgan fingerprint density at radius 3 is 2.37 bits per heavy atom. The van der Waals surface area contributed by atoms with E-state index in [0.717, 1.165) is 18.2 Å². The van der Waals surface area contributed by atoms with Crippen molar-refractivity contribution in [1.82, 2.24) is 0 Å². The highest BCUT2D eigenvalue weighted by Gasteiger charge is 2.19. The lowest BCUT2D eigenvalue weighted by Gasteiger charge is -2.07. The minimum Gasteiger partial charge on any atom is -0.288 e. The van der Waals surface area contributed by atoms with Crippen LogP contribution in [0.25, 0.3) is 0 Å². The zero-order valence-electron chi connectivity index (χ0n) is 9.81. The third kappa shape index (κ3) is 2.71. The van der Waals surface area contributed by atoms with Crippen molar-refractivity contribution in [3.8, 4) is 0 Å². The molecule has 98 valence electrons. The summed E-state index contributed by atoms with van der Waals surface area (Å²) in [6, 6.07) is 5.29. The fourth-order valence-corrected chi connectivity index (χ4v) is 2.00. The summed E-state index contributed by atoms with van der Waals surface area (Å²) in [7, 11) is 0. The fourth-order valence-electron chi connectivity index (χ4n) is 1.68. The second kappa shape index (κ2) is 5.17. The number of hydrogen-bond donors (Lipinski definition) is 0. The maximum atomic E-state index is 13.7. The monoisotopic (exact) mass is 328 g/mol. The molecule has 0 spiro atoms. The first-order valence-electron chi connectivity index (χ1n) is 5.35. The second-order valence-corrected chi connectivity index (χ2v) is 4.89. The van der Waals surface area contributed by atoms with E-state index < -0.39 is 28.8 Å². The van der Waals surface area contributed by atoms with Crippen molar-refractivity contribution in [2.45, 2.75) is 6.92 Å². The van der Waals surface area contributed by atoms with Gasteiger partial charge in [0, 0.05) is 5.56 Å². The van der Waals surface area contributed by atoms with Crippen molar-refractivity contribution in [3.05, 3.63) is 68.9 Å². The molecule has 0 aliphatic heterocycles. The van der Waals surface area contributed by atoms with Gasteiger partial charge in [0.1, 0.15) is 17.5 Å². The molecule has 19 heavy (non-hydrogen) atoms. The number of carbonyl (C=O) groups is 1. The quantitative estimate of drug-likeness (QED) is 0.589. The van der Waals surface area contributed by atoms with Crippen LogP contribution in [0, 0.1) is 24.4 Å². The summed E-state index contributed by atoms with van der Waals surface area (Å²) in [4.78, 5) is 12.1.